The molecule has 0 spiro atoms. The molecule has 4 N–H and O–H groups in total. The molecule has 1 aliphatic rings. The van der Waals surface area contributed by atoms with Crippen LogP contribution in [-0.2, 0) is 9.53 Å². The summed E-state index contributed by atoms with van der Waals surface area (Å²) in [6.07, 6.45) is 8.28. The number of carbonyl (C=O) groups excluding carboxylic acids is 1. The highest BCUT2D eigenvalue weighted by atomic mass is 35.5. The van der Waals surface area contributed by atoms with E-state index in [0.29, 0.717) is 28.6 Å². The number of aliphatic hydroxyl groups is 1. The standard InChI is InChI=1S/C22H35Cl2N3O4/c1-15(23)18(24)10-11-22(2,3)17-8-6-16(7-9-17)21(29)27(5)19(13-31-14-26-30)20(28)12-25-4/h6-8,10,17,19-20,25-26,28,30H,1,9,11-14H2,2-5H3/b18-10+. The topological polar surface area (TPSA) is 94.1 Å². The molecule has 3 atom stereocenters. The van der Waals surface area contributed by atoms with Gasteiger partial charge in [-0.15, -0.1) is 0 Å². The predicted octanol–water partition coefficient (Wildman–Crippen LogP) is 3.14. The van der Waals surface area contributed by atoms with Crippen LogP contribution in [0.3, 0.4) is 0 Å². The average molecular weight is 476 g/mol. The van der Waals surface area contributed by atoms with Crippen molar-refractivity contribution in [1.82, 2.24) is 15.7 Å². The molecule has 31 heavy (non-hydrogen) atoms. The summed E-state index contributed by atoms with van der Waals surface area (Å²) in [7, 11) is 3.36. The van der Waals surface area contributed by atoms with Gasteiger partial charge in [0.15, 0.2) is 0 Å². The number of carbonyl (C=O) groups is 1. The minimum atomic E-state index is -0.828. The molecule has 0 heterocycles. The van der Waals surface area contributed by atoms with Crippen molar-refractivity contribution in [2.24, 2.45) is 11.3 Å². The quantitative estimate of drug-likeness (QED) is 0.141. The van der Waals surface area contributed by atoms with E-state index in [1.54, 1.807) is 14.1 Å². The van der Waals surface area contributed by atoms with E-state index in [9.17, 15) is 9.90 Å². The first-order valence-electron chi connectivity index (χ1n) is 10.2. The van der Waals surface area contributed by atoms with E-state index in [0.717, 1.165) is 6.42 Å². The largest absolute Gasteiger partial charge is 0.390 e. The molecule has 1 amide bonds. The Hall–Kier alpha value is -1.19. The summed E-state index contributed by atoms with van der Waals surface area (Å²) in [5, 5.41) is 22.8. The second kappa shape index (κ2) is 13.4. The summed E-state index contributed by atoms with van der Waals surface area (Å²) in [4.78, 5) is 14.5. The molecular weight excluding hydrogens is 441 g/mol. The zero-order valence-corrected chi connectivity index (χ0v) is 20.2. The molecule has 0 fully saturated rings. The summed E-state index contributed by atoms with van der Waals surface area (Å²) in [5.41, 5.74) is 2.38. The maximum atomic E-state index is 13.0. The highest BCUT2D eigenvalue weighted by Gasteiger charge is 2.31. The summed E-state index contributed by atoms with van der Waals surface area (Å²) in [6.45, 7) is 8.19. The second-order valence-electron chi connectivity index (χ2n) is 8.29. The molecule has 9 heteroatoms. The van der Waals surface area contributed by atoms with Gasteiger partial charge in [0.05, 0.1) is 28.8 Å². The van der Waals surface area contributed by atoms with E-state index in [2.05, 4.69) is 25.7 Å². The van der Waals surface area contributed by atoms with Crippen LogP contribution in [0.15, 0.2) is 46.5 Å². The maximum absolute atomic E-state index is 13.0. The number of nitrogens with one attached hydrogen (secondary N) is 2. The van der Waals surface area contributed by atoms with Crippen molar-refractivity contribution in [2.75, 3.05) is 34.0 Å². The monoisotopic (exact) mass is 475 g/mol. The second-order valence-corrected chi connectivity index (χ2v) is 9.16. The molecule has 0 saturated carbocycles. The molecular formula is C22H35Cl2N3O4. The normalized spacial score (nSPS) is 19.0. The van der Waals surface area contributed by atoms with Crippen LogP contribution in [0, 0.1) is 11.3 Å². The molecule has 0 aliphatic heterocycles. The van der Waals surface area contributed by atoms with Crippen molar-refractivity contribution in [3.63, 3.8) is 0 Å². The first kappa shape index (κ1) is 27.8. The third kappa shape index (κ3) is 8.69. The molecule has 176 valence electrons. The Labute approximate surface area is 195 Å². The first-order valence-corrected chi connectivity index (χ1v) is 10.9. The number of ether oxygens (including phenoxy) is 1. The Balaban J connectivity index is 2.83. The zero-order chi connectivity index (χ0) is 23.6. The summed E-state index contributed by atoms with van der Waals surface area (Å²) >= 11 is 11.9. The number of amides is 1. The van der Waals surface area contributed by atoms with Gasteiger partial charge >= 0.3 is 0 Å². The zero-order valence-electron chi connectivity index (χ0n) is 18.7. The fourth-order valence-corrected chi connectivity index (χ4v) is 3.53. The lowest BCUT2D eigenvalue weighted by Crippen LogP contribution is -2.51. The third-order valence-electron chi connectivity index (χ3n) is 5.55. The van der Waals surface area contributed by atoms with E-state index in [1.165, 1.54) is 4.90 Å². The van der Waals surface area contributed by atoms with Crippen molar-refractivity contribution < 1.29 is 19.8 Å². The van der Waals surface area contributed by atoms with E-state index < -0.39 is 12.1 Å². The highest BCUT2D eigenvalue weighted by molar-refractivity contribution is 6.43. The molecule has 0 bridgehead atoms. The minimum absolute atomic E-state index is 0.0737. The average Bonchev–Trinajstić information content (AvgIpc) is 2.74. The lowest BCUT2D eigenvalue weighted by Gasteiger charge is -2.35. The highest BCUT2D eigenvalue weighted by Crippen LogP contribution is 2.38. The van der Waals surface area contributed by atoms with Gasteiger partial charge in [-0.05, 0) is 31.2 Å². The van der Waals surface area contributed by atoms with Crippen LogP contribution >= 0.6 is 23.2 Å². The van der Waals surface area contributed by atoms with Crippen molar-refractivity contribution in [3.8, 4) is 0 Å². The lowest BCUT2D eigenvalue weighted by molar-refractivity contribution is -0.132. The first-order chi connectivity index (χ1) is 14.5. The fraction of sp³-hybridized carbons (Fsp3) is 0.591. The Kier molecular flexibility index (Phi) is 12.0. The Bertz CT molecular complexity index is 707. The predicted molar refractivity (Wildman–Crippen MR) is 125 cm³/mol. The molecule has 7 nitrogen and oxygen atoms in total. The van der Waals surface area contributed by atoms with Gasteiger partial charge in [-0.25, -0.2) is 0 Å². The van der Waals surface area contributed by atoms with E-state index >= 15 is 0 Å². The Morgan fingerprint density at radius 1 is 1.48 bits per heavy atom. The number of hydrogen-bond donors (Lipinski definition) is 4. The molecule has 1 aliphatic carbocycles. The van der Waals surface area contributed by atoms with Crippen molar-refractivity contribution >= 4 is 29.1 Å². The molecule has 0 aromatic heterocycles. The number of hydroxylamine groups is 1. The number of nitrogens with zero attached hydrogens (tertiary/aromatic N) is 1. The molecule has 0 saturated heterocycles. The minimum Gasteiger partial charge on any atom is -0.390 e. The molecule has 1 rings (SSSR count). The number of allylic oxidation sites excluding steroid dienone is 5. The van der Waals surface area contributed by atoms with Crippen LogP contribution in [0.5, 0.6) is 0 Å². The van der Waals surface area contributed by atoms with Gasteiger partial charge < -0.3 is 25.3 Å². The molecule has 0 aromatic carbocycles. The molecule has 0 radical (unpaired) electrons. The molecule has 0 aromatic rings. The van der Waals surface area contributed by atoms with Gasteiger partial charge in [-0.3, -0.25) is 4.79 Å². The number of halogens is 2. The summed E-state index contributed by atoms with van der Waals surface area (Å²) < 4.78 is 5.28. The van der Waals surface area contributed by atoms with Gasteiger partial charge in [0.25, 0.3) is 5.91 Å². The summed E-state index contributed by atoms with van der Waals surface area (Å²) in [6, 6.07) is -0.576. The van der Waals surface area contributed by atoms with Crippen molar-refractivity contribution in [1.29, 1.82) is 0 Å². The van der Waals surface area contributed by atoms with E-state index in [1.807, 2.05) is 29.8 Å². The van der Waals surface area contributed by atoms with Gasteiger partial charge in [0.1, 0.15) is 6.73 Å². The van der Waals surface area contributed by atoms with Gasteiger partial charge in [0, 0.05) is 19.2 Å². The number of hydrogen-bond acceptors (Lipinski definition) is 6. The summed E-state index contributed by atoms with van der Waals surface area (Å²) in [5.74, 6) is 0.0258. The van der Waals surface area contributed by atoms with E-state index in [4.69, 9.17) is 33.1 Å². The number of likely N-dealkylation sites (N-methyl/N-ethyl adjacent to an activating group) is 2. The maximum Gasteiger partial charge on any atom is 0.253 e. The lowest BCUT2D eigenvalue weighted by atomic mass is 9.72. The molecule has 3 unspecified atom stereocenters. The van der Waals surface area contributed by atoms with Gasteiger partial charge in [-0.1, -0.05) is 67.9 Å². The third-order valence-corrected chi connectivity index (χ3v) is 6.23. The van der Waals surface area contributed by atoms with E-state index in [-0.39, 0.29) is 30.6 Å². The Morgan fingerprint density at radius 3 is 2.68 bits per heavy atom. The SMILES string of the molecule is C=C(Cl)/C(Cl)=C\CC(C)(C)C1C=CC(C(=O)N(C)C(COCNO)C(O)CNC)=CC1. The van der Waals surface area contributed by atoms with Crippen LogP contribution in [0.2, 0.25) is 0 Å². The van der Waals surface area contributed by atoms with Gasteiger partial charge in [0.2, 0.25) is 0 Å². The van der Waals surface area contributed by atoms with Crippen LogP contribution in [0.1, 0.15) is 26.7 Å². The van der Waals surface area contributed by atoms with Crippen molar-refractivity contribution in [2.45, 2.75) is 38.8 Å². The van der Waals surface area contributed by atoms with Crippen LogP contribution < -0.4 is 10.8 Å². The number of aliphatic hydroxyl groups excluding tert-OH is 1. The fourth-order valence-electron chi connectivity index (χ4n) is 3.38. The van der Waals surface area contributed by atoms with Crippen LogP contribution in [-0.4, -0.2) is 67.2 Å². The Morgan fingerprint density at radius 2 is 2.16 bits per heavy atom. The smallest absolute Gasteiger partial charge is 0.253 e. The van der Waals surface area contributed by atoms with Crippen molar-refractivity contribution in [3.05, 3.63) is 46.5 Å². The number of rotatable bonds is 13. The van der Waals surface area contributed by atoms with Crippen LogP contribution in [0.4, 0.5) is 0 Å². The van der Waals surface area contributed by atoms with Crippen LogP contribution in [0.25, 0.3) is 0 Å². The van der Waals surface area contributed by atoms with Gasteiger partial charge in [-0.2, -0.15) is 5.48 Å².